The number of piperidine rings is 1. The summed E-state index contributed by atoms with van der Waals surface area (Å²) in [4.78, 5) is 2.55. The van der Waals surface area contributed by atoms with Crippen molar-refractivity contribution in [3.8, 4) is 11.5 Å². The molecular weight excluding hydrogens is 310 g/mol. The average molecular weight is 332 g/mol. The summed E-state index contributed by atoms with van der Waals surface area (Å²) in [6.07, 6.45) is 8.12. The molecule has 122 valence electrons. The first-order valence-corrected chi connectivity index (χ1v) is 9.00. The Hall–Kier alpha value is -1.39. The third-order valence-electron chi connectivity index (χ3n) is 5.27. The Labute approximate surface area is 141 Å². The van der Waals surface area contributed by atoms with Crippen molar-refractivity contribution in [3.63, 3.8) is 0 Å². The van der Waals surface area contributed by atoms with Gasteiger partial charge in [0.25, 0.3) is 0 Å². The third-order valence-corrected chi connectivity index (χ3v) is 5.60. The molecule has 2 heterocycles. The van der Waals surface area contributed by atoms with Crippen molar-refractivity contribution in [2.24, 2.45) is 5.92 Å². The first kappa shape index (κ1) is 15.2. The van der Waals surface area contributed by atoms with Gasteiger partial charge in [0.05, 0.1) is 17.1 Å². The second-order valence-electron chi connectivity index (χ2n) is 6.71. The summed E-state index contributed by atoms with van der Waals surface area (Å²) in [6, 6.07) is 8.30. The predicted molar refractivity (Wildman–Crippen MR) is 90.1 cm³/mol. The van der Waals surface area contributed by atoms with E-state index in [0.29, 0.717) is 22.8 Å². The maximum atomic E-state index is 6.21. The van der Waals surface area contributed by atoms with E-state index in [2.05, 4.69) is 15.1 Å². The third kappa shape index (κ3) is 3.15. The van der Waals surface area contributed by atoms with Crippen LogP contribution < -0.4 is 0 Å². The van der Waals surface area contributed by atoms with Crippen molar-refractivity contribution in [2.75, 3.05) is 6.54 Å². The van der Waals surface area contributed by atoms with Crippen LogP contribution in [0.3, 0.4) is 0 Å². The van der Waals surface area contributed by atoms with Crippen molar-refractivity contribution >= 4 is 11.6 Å². The zero-order chi connectivity index (χ0) is 15.6. The number of nitrogens with zero attached hydrogens (tertiary/aromatic N) is 3. The van der Waals surface area contributed by atoms with Crippen LogP contribution in [0, 0.1) is 5.92 Å². The Bertz CT molecular complexity index is 670. The van der Waals surface area contributed by atoms with E-state index in [-0.39, 0.29) is 0 Å². The van der Waals surface area contributed by atoms with Crippen LogP contribution in [-0.2, 0) is 6.54 Å². The highest BCUT2D eigenvalue weighted by atomic mass is 35.5. The molecule has 0 N–H and O–H groups in total. The van der Waals surface area contributed by atoms with Crippen molar-refractivity contribution in [1.29, 1.82) is 0 Å². The maximum Gasteiger partial charge on any atom is 0.249 e. The molecule has 0 bridgehead atoms. The number of halogens is 1. The molecule has 2 aromatic rings. The van der Waals surface area contributed by atoms with E-state index >= 15 is 0 Å². The summed E-state index contributed by atoms with van der Waals surface area (Å²) in [5.74, 6) is 2.08. The molecule has 1 saturated heterocycles. The Kier molecular flexibility index (Phi) is 4.36. The minimum absolute atomic E-state index is 0.516. The minimum atomic E-state index is 0.516. The van der Waals surface area contributed by atoms with Gasteiger partial charge in [-0.3, -0.25) is 4.90 Å². The average Bonchev–Trinajstić information content (AvgIpc) is 3.04. The summed E-state index contributed by atoms with van der Waals surface area (Å²) in [7, 11) is 0. The van der Waals surface area contributed by atoms with Crippen molar-refractivity contribution in [3.05, 3.63) is 35.2 Å². The molecule has 1 aromatic heterocycles. The maximum absolute atomic E-state index is 6.21. The molecule has 1 aromatic carbocycles. The Morgan fingerprint density at radius 2 is 1.91 bits per heavy atom. The van der Waals surface area contributed by atoms with Gasteiger partial charge in [-0.25, -0.2) is 0 Å². The Balaban J connectivity index is 1.50. The summed E-state index contributed by atoms with van der Waals surface area (Å²) >= 11 is 6.21. The second-order valence-corrected chi connectivity index (χ2v) is 7.11. The normalized spacial score (nSPS) is 25.3. The highest BCUT2D eigenvalue weighted by Crippen LogP contribution is 2.36. The molecular formula is C18H22ClN3O. The molecule has 23 heavy (non-hydrogen) atoms. The van der Waals surface area contributed by atoms with Crippen LogP contribution in [-0.4, -0.2) is 27.7 Å². The number of likely N-dealkylation sites (tertiary alicyclic amines) is 1. The van der Waals surface area contributed by atoms with Gasteiger partial charge >= 0.3 is 0 Å². The van der Waals surface area contributed by atoms with E-state index in [9.17, 15) is 0 Å². The van der Waals surface area contributed by atoms with Gasteiger partial charge in [0.2, 0.25) is 11.8 Å². The van der Waals surface area contributed by atoms with Crippen LogP contribution in [0.25, 0.3) is 11.5 Å². The van der Waals surface area contributed by atoms with E-state index < -0.39 is 0 Å². The second kappa shape index (κ2) is 6.62. The van der Waals surface area contributed by atoms with Crippen LogP contribution >= 0.6 is 11.6 Å². The number of aromatic nitrogens is 2. The lowest BCUT2D eigenvalue weighted by Gasteiger charge is -2.43. The first-order valence-electron chi connectivity index (χ1n) is 8.62. The van der Waals surface area contributed by atoms with Gasteiger partial charge in [-0.1, -0.05) is 36.6 Å². The lowest BCUT2D eigenvalue weighted by molar-refractivity contribution is 0.0483. The number of hydrogen-bond acceptors (Lipinski definition) is 4. The molecule has 0 spiro atoms. The molecule has 2 unspecified atom stereocenters. The van der Waals surface area contributed by atoms with Crippen LogP contribution in [0.15, 0.2) is 28.7 Å². The standard InChI is InChI=1S/C18H22ClN3O/c19-15-9-3-2-8-14(15)18-21-20-17(23-18)12-22-11-5-7-13-6-1-4-10-16(13)22/h2-3,8-9,13,16H,1,4-7,10-12H2. The van der Waals surface area contributed by atoms with Gasteiger partial charge in [-0.15, -0.1) is 10.2 Å². The van der Waals surface area contributed by atoms with E-state index in [4.69, 9.17) is 16.0 Å². The van der Waals surface area contributed by atoms with Crippen LogP contribution in [0.1, 0.15) is 44.4 Å². The molecule has 4 nitrogen and oxygen atoms in total. The predicted octanol–water partition coefficient (Wildman–Crippen LogP) is 4.54. The fourth-order valence-electron chi connectivity index (χ4n) is 4.16. The van der Waals surface area contributed by atoms with Crippen LogP contribution in [0.2, 0.25) is 5.02 Å². The Morgan fingerprint density at radius 3 is 2.83 bits per heavy atom. The molecule has 0 amide bonds. The van der Waals surface area contributed by atoms with Gasteiger partial charge in [0, 0.05) is 6.04 Å². The zero-order valence-corrected chi connectivity index (χ0v) is 14.0. The van der Waals surface area contributed by atoms with Gasteiger partial charge in [-0.2, -0.15) is 0 Å². The SMILES string of the molecule is Clc1ccccc1-c1nnc(CN2CCCC3CCCCC32)o1. The van der Waals surface area contributed by atoms with E-state index in [1.807, 2.05) is 24.3 Å². The van der Waals surface area contributed by atoms with Crippen molar-refractivity contribution in [1.82, 2.24) is 15.1 Å². The van der Waals surface area contributed by atoms with Crippen molar-refractivity contribution < 1.29 is 4.42 Å². The van der Waals surface area contributed by atoms with Gasteiger partial charge in [-0.05, 0) is 50.3 Å². The summed E-state index contributed by atoms with van der Waals surface area (Å²) in [5.41, 5.74) is 0.808. The molecule has 1 saturated carbocycles. The smallest absolute Gasteiger partial charge is 0.249 e. The number of fused-ring (bicyclic) bond motifs is 1. The summed E-state index contributed by atoms with van der Waals surface area (Å²) < 4.78 is 5.88. The highest BCUT2D eigenvalue weighted by Gasteiger charge is 2.33. The molecule has 2 fully saturated rings. The van der Waals surface area contributed by atoms with Gasteiger partial charge in [0.1, 0.15) is 0 Å². The monoisotopic (exact) mass is 331 g/mol. The molecule has 0 radical (unpaired) electrons. The van der Waals surface area contributed by atoms with Gasteiger partial charge < -0.3 is 4.42 Å². The zero-order valence-electron chi connectivity index (χ0n) is 13.2. The largest absolute Gasteiger partial charge is 0.419 e. The summed E-state index contributed by atoms with van der Waals surface area (Å²) in [6.45, 7) is 1.91. The van der Waals surface area contributed by atoms with E-state index in [1.165, 1.54) is 38.5 Å². The number of benzene rings is 1. The first-order chi connectivity index (χ1) is 11.3. The number of hydrogen-bond donors (Lipinski definition) is 0. The van der Waals surface area contributed by atoms with Gasteiger partial charge in [0.15, 0.2) is 0 Å². The summed E-state index contributed by atoms with van der Waals surface area (Å²) in [5, 5.41) is 9.08. The van der Waals surface area contributed by atoms with Crippen LogP contribution in [0.5, 0.6) is 0 Å². The quantitative estimate of drug-likeness (QED) is 0.827. The molecule has 1 aliphatic carbocycles. The minimum Gasteiger partial charge on any atom is -0.419 e. The highest BCUT2D eigenvalue weighted by molar-refractivity contribution is 6.33. The van der Waals surface area contributed by atoms with E-state index in [1.54, 1.807) is 0 Å². The Morgan fingerprint density at radius 1 is 1.09 bits per heavy atom. The van der Waals surface area contributed by atoms with E-state index in [0.717, 1.165) is 24.6 Å². The molecule has 5 heteroatoms. The lowest BCUT2D eigenvalue weighted by Crippen LogP contribution is -2.46. The molecule has 4 rings (SSSR count). The van der Waals surface area contributed by atoms with Crippen LogP contribution in [0.4, 0.5) is 0 Å². The fraction of sp³-hybridized carbons (Fsp3) is 0.556. The molecule has 1 aliphatic heterocycles. The van der Waals surface area contributed by atoms with Crippen molar-refractivity contribution in [2.45, 2.75) is 51.1 Å². The lowest BCUT2D eigenvalue weighted by atomic mass is 9.78. The molecule has 2 aliphatic rings. The topological polar surface area (TPSA) is 42.2 Å². The molecule has 2 atom stereocenters. The fourth-order valence-corrected chi connectivity index (χ4v) is 4.38. The number of rotatable bonds is 3.